The van der Waals surface area contributed by atoms with E-state index in [4.69, 9.17) is 12.2 Å². The number of aromatic nitrogens is 2. The van der Waals surface area contributed by atoms with Crippen LogP contribution in [0.15, 0.2) is 52.1 Å². The number of carboxylic acid groups (broad SMARTS) is 2. The molecule has 4 aromatic rings. The Bertz CT molecular complexity index is 2430. The summed E-state index contributed by atoms with van der Waals surface area (Å²) >= 11 is 8.64. The number of carboxylic acids is 2. The van der Waals surface area contributed by atoms with Gasteiger partial charge in [-0.3, -0.25) is 33.2 Å². The first-order chi connectivity index (χ1) is 23.5. The molecule has 15 heteroatoms. The van der Waals surface area contributed by atoms with Crippen molar-refractivity contribution < 1.29 is 24.6 Å². The molecule has 2 aromatic carbocycles. The third-order valence-corrected chi connectivity index (χ3v) is 13.2. The molecule has 4 heterocycles. The number of thioether (sulfide) groups is 1. The minimum atomic E-state index is -1.22. The number of thiocarbonyl (C=S) groups is 1. The Balaban J connectivity index is 1.39. The number of aliphatic carboxylic acids is 1. The fourth-order valence-corrected chi connectivity index (χ4v) is 11.0. The summed E-state index contributed by atoms with van der Waals surface area (Å²) in [6.45, 7) is 3.65. The number of fused-ring (bicyclic) bond motifs is 3. The third kappa shape index (κ3) is 5.58. The highest BCUT2D eigenvalue weighted by Crippen LogP contribution is 2.52. The largest absolute Gasteiger partial charge is 0.480 e. The summed E-state index contributed by atoms with van der Waals surface area (Å²) in [5.41, 5.74) is 3.18. The number of anilines is 2. The number of amides is 1. The molecule has 0 bridgehead atoms. The Labute approximate surface area is 296 Å². The smallest absolute Gasteiger partial charge is 0.335 e. The summed E-state index contributed by atoms with van der Waals surface area (Å²) in [6.07, 6.45) is 4.80. The van der Waals surface area contributed by atoms with E-state index in [-0.39, 0.29) is 43.7 Å². The Hall–Kier alpha value is -4.31. The second-order valence-electron chi connectivity index (χ2n) is 11.9. The number of carbonyl (C=O) groups is 3. The molecule has 49 heavy (non-hydrogen) atoms. The van der Waals surface area contributed by atoms with E-state index < -0.39 is 29.6 Å². The Morgan fingerprint density at radius 2 is 1.69 bits per heavy atom. The summed E-state index contributed by atoms with van der Waals surface area (Å²) in [7, 11) is 0. The standard InChI is InChI=1S/C34H30N4O7S4/c1-3-35-29(42)26(48-31(35)27-30(43)36(4-2)34(46)49-27)32-37(16-25(39)40)28(41)24(47-32)15-17-8-13-23-21(14-17)20-6-5-7-22(20)38(23)19-11-9-18(10-12-19)33(44)45/h8-15,20,22H,3-7,16H2,1-2H3,(H,39,40)(H,44,45)/b24-15-,31-27+,32-26+. The maximum Gasteiger partial charge on any atom is 0.335 e. The van der Waals surface area contributed by atoms with Gasteiger partial charge in [0.05, 0.1) is 10.1 Å². The summed E-state index contributed by atoms with van der Waals surface area (Å²) in [4.78, 5) is 68.1. The monoisotopic (exact) mass is 734 g/mol. The van der Waals surface area contributed by atoms with Crippen LogP contribution in [0.5, 0.6) is 0 Å². The molecule has 0 spiro atoms. The maximum absolute atomic E-state index is 13.8. The predicted octanol–water partition coefficient (Wildman–Crippen LogP) is 3.83. The van der Waals surface area contributed by atoms with Crippen LogP contribution in [0.4, 0.5) is 11.4 Å². The molecule has 2 unspecified atom stereocenters. The Morgan fingerprint density at radius 3 is 2.35 bits per heavy atom. The molecule has 1 saturated carbocycles. The van der Waals surface area contributed by atoms with Crippen molar-refractivity contribution in [2.24, 2.45) is 0 Å². The van der Waals surface area contributed by atoms with E-state index in [0.717, 1.165) is 80.8 Å². The quantitative estimate of drug-likeness (QED) is 0.269. The normalized spacial score (nSPS) is 20.7. The van der Waals surface area contributed by atoms with Gasteiger partial charge in [-0.1, -0.05) is 36.5 Å². The van der Waals surface area contributed by atoms with E-state index in [2.05, 4.69) is 11.0 Å². The number of thiazole rings is 2. The van der Waals surface area contributed by atoms with Crippen molar-refractivity contribution in [1.29, 1.82) is 0 Å². The number of carbonyl (C=O) groups excluding carboxylic acids is 1. The zero-order chi connectivity index (χ0) is 34.7. The van der Waals surface area contributed by atoms with Crippen molar-refractivity contribution in [2.45, 2.75) is 58.2 Å². The van der Waals surface area contributed by atoms with Crippen LogP contribution in [0.2, 0.25) is 0 Å². The molecule has 252 valence electrons. The zero-order valence-corrected chi connectivity index (χ0v) is 29.6. The summed E-state index contributed by atoms with van der Waals surface area (Å²) in [5.74, 6) is -2.21. The minimum Gasteiger partial charge on any atom is -0.480 e. The van der Waals surface area contributed by atoms with Crippen LogP contribution in [-0.4, -0.2) is 59.0 Å². The minimum absolute atomic E-state index is 0.189. The van der Waals surface area contributed by atoms with Gasteiger partial charge in [0.15, 0.2) is 0 Å². The van der Waals surface area contributed by atoms with Gasteiger partial charge in [-0.2, -0.15) is 0 Å². The number of rotatable bonds is 7. The highest BCUT2D eigenvalue weighted by Gasteiger charge is 2.42. The zero-order valence-electron chi connectivity index (χ0n) is 26.4. The third-order valence-electron chi connectivity index (χ3n) is 9.17. The number of hydrogen-bond acceptors (Lipinski definition) is 10. The Morgan fingerprint density at radius 1 is 0.939 bits per heavy atom. The summed E-state index contributed by atoms with van der Waals surface area (Å²) < 4.78 is 4.12. The lowest BCUT2D eigenvalue weighted by Crippen LogP contribution is -2.31. The second kappa shape index (κ2) is 12.9. The maximum atomic E-state index is 13.8. The van der Waals surface area contributed by atoms with Crippen LogP contribution in [0, 0.1) is 9.20 Å². The molecule has 2 N–H and O–H groups in total. The molecule has 2 atom stereocenters. The number of aromatic carboxylic acids is 1. The number of benzene rings is 2. The van der Waals surface area contributed by atoms with E-state index in [1.54, 1.807) is 25.1 Å². The number of nitrogens with zero attached hydrogens (tertiary/aromatic N) is 4. The molecule has 11 nitrogen and oxygen atoms in total. The van der Waals surface area contributed by atoms with Crippen molar-refractivity contribution >= 4 is 91.2 Å². The van der Waals surface area contributed by atoms with Crippen molar-refractivity contribution in [1.82, 2.24) is 14.0 Å². The molecule has 2 fully saturated rings. The van der Waals surface area contributed by atoms with Gasteiger partial charge in [-0.05, 0) is 80.3 Å². The van der Waals surface area contributed by atoms with Gasteiger partial charge < -0.3 is 15.1 Å². The fraction of sp³-hybridized carbons (Fsp3) is 0.294. The van der Waals surface area contributed by atoms with Gasteiger partial charge in [0.25, 0.3) is 17.0 Å². The Kier molecular flexibility index (Phi) is 8.71. The van der Waals surface area contributed by atoms with Crippen molar-refractivity contribution in [3.05, 3.63) is 98.3 Å². The second-order valence-corrected chi connectivity index (χ2v) is 15.6. The topological polar surface area (TPSA) is 142 Å². The van der Waals surface area contributed by atoms with Crippen LogP contribution in [0.3, 0.4) is 0 Å². The first-order valence-electron chi connectivity index (χ1n) is 15.7. The van der Waals surface area contributed by atoms with Crippen LogP contribution in [0.25, 0.3) is 11.0 Å². The van der Waals surface area contributed by atoms with Crippen molar-refractivity contribution in [3.63, 3.8) is 0 Å². The van der Waals surface area contributed by atoms with E-state index in [0.29, 0.717) is 20.4 Å². The highest BCUT2D eigenvalue weighted by atomic mass is 32.2. The van der Waals surface area contributed by atoms with Gasteiger partial charge in [-0.15, -0.1) is 22.7 Å². The lowest BCUT2D eigenvalue weighted by Gasteiger charge is -2.27. The molecule has 1 aliphatic carbocycles. The van der Waals surface area contributed by atoms with Crippen LogP contribution in [-0.2, 0) is 22.7 Å². The molecule has 3 aliphatic rings. The predicted molar refractivity (Wildman–Crippen MR) is 194 cm³/mol. The summed E-state index contributed by atoms with van der Waals surface area (Å²) in [6, 6.07) is 13.1. The van der Waals surface area contributed by atoms with Gasteiger partial charge >= 0.3 is 11.9 Å². The molecular formula is C34H30N4O7S4. The lowest BCUT2D eigenvalue weighted by molar-refractivity contribution is -0.137. The van der Waals surface area contributed by atoms with Gasteiger partial charge in [0.1, 0.15) is 29.6 Å². The molecular weight excluding hydrogens is 705 g/mol. The summed E-state index contributed by atoms with van der Waals surface area (Å²) in [5, 5.41) is 19.1. The molecule has 2 aromatic heterocycles. The van der Waals surface area contributed by atoms with Crippen LogP contribution in [0.1, 0.15) is 60.5 Å². The van der Waals surface area contributed by atoms with Crippen LogP contribution >= 0.6 is 46.7 Å². The fourth-order valence-electron chi connectivity index (χ4n) is 6.98. The van der Waals surface area contributed by atoms with Crippen LogP contribution < -0.4 is 25.2 Å². The highest BCUT2D eigenvalue weighted by molar-refractivity contribution is 8.30. The van der Waals surface area contributed by atoms with Crippen molar-refractivity contribution in [3.8, 4) is 0 Å². The average molecular weight is 735 g/mol. The lowest BCUT2D eigenvalue weighted by atomic mass is 9.96. The van der Waals surface area contributed by atoms with E-state index in [1.165, 1.54) is 9.47 Å². The van der Waals surface area contributed by atoms with Crippen molar-refractivity contribution in [2.75, 3.05) is 11.4 Å². The van der Waals surface area contributed by atoms with Gasteiger partial charge in [0.2, 0.25) is 0 Å². The van der Waals surface area contributed by atoms with E-state index >= 15 is 0 Å². The van der Waals surface area contributed by atoms with Gasteiger partial charge in [0, 0.05) is 36.4 Å². The van der Waals surface area contributed by atoms with E-state index in [9.17, 15) is 34.2 Å². The molecule has 0 radical (unpaired) electrons. The number of hydrogen-bond donors (Lipinski definition) is 2. The SMILES string of the molecule is CCN1C(=O)/C(=c2\s/c(=c3/s/c(=C\c4ccc5c(c4)C4CCCC4N5c4ccc(C(=O)O)cc4)c(=O)n3CC(=O)O)c(=O)n2CC)SC1=S. The molecule has 1 saturated heterocycles. The van der Waals surface area contributed by atoms with E-state index in [1.807, 2.05) is 31.2 Å². The first-order valence-corrected chi connectivity index (χ1v) is 18.6. The average Bonchev–Trinajstić information content (AvgIpc) is 3.87. The molecule has 2 aliphatic heterocycles. The van der Waals surface area contributed by atoms with Gasteiger partial charge in [-0.25, -0.2) is 4.79 Å². The molecule has 7 rings (SSSR count). The first kappa shape index (κ1) is 33.2. The molecule has 1 amide bonds.